The molecule has 0 radical (unpaired) electrons. The van der Waals surface area contributed by atoms with Crippen molar-refractivity contribution in [1.82, 2.24) is 15.6 Å². The first-order chi connectivity index (χ1) is 12.7. The first-order valence-corrected chi connectivity index (χ1v) is 9.50. The lowest BCUT2D eigenvalue weighted by atomic mass is 10.1. The molecule has 1 aliphatic rings. The molecule has 1 saturated heterocycles. The van der Waals surface area contributed by atoms with E-state index in [4.69, 9.17) is 9.47 Å². The lowest BCUT2D eigenvalue weighted by Crippen LogP contribution is -2.38. The van der Waals surface area contributed by atoms with Gasteiger partial charge in [-0.3, -0.25) is 0 Å². The molecule has 1 aromatic rings. The van der Waals surface area contributed by atoms with E-state index in [2.05, 4.69) is 27.5 Å². The van der Waals surface area contributed by atoms with Gasteiger partial charge >= 0.3 is 0 Å². The summed E-state index contributed by atoms with van der Waals surface area (Å²) in [6.07, 6.45) is 2.07. The molecule has 2 N–H and O–H groups in total. The van der Waals surface area contributed by atoms with Crippen molar-refractivity contribution >= 4 is 11.8 Å². The molecule has 1 fully saturated rings. The monoisotopic (exact) mass is 363 g/mol. The molecule has 7 heteroatoms. The van der Waals surface area contributed by atoms with Gasteiger partial charge in [0.05, 0.1) is 25.5 Å². The number of ether oxygens (including phenoxy) is 2. The number of pyridine rings is 1. The minimum Gasteiger partial charge on any atom is -0.381 e. The Morgan fingerprint density at radius 3 is 3.00 bits per heavy atom. The predicted molar refractivity (Wildman–Crippen MR) is 106 cm³/mol. The summed E-state index contributed by atoms with van der Waals surface area (Å²) in [6.45, 7) is 7.57. The third kappa shape index (κ3) is 7.58. The molecular formula is C19H33N5O2. The Morgan fingerprint density at radius 1 is 1.38 bits per heavy atom. The number of hydrogen-bond donors (Lipinski definition) is 2. The molecule has 7 nitrogen and oxygen atoms in total. The van der Waals surface area contributed by atoms with E-state index in [0.717, 1.165) is 69.8 Å². The third-order valence-electron chi connectivity index (χ3n) is 4.13. The van der Waals surface area contributed by atoms with Crippen LogP contribution in [0.1, 0.15) is 25.5 Å². The lowest BCUT2D eigenvalue weighted by Gasteiger charge is -2.13. The van der Waals surface area contributed by atoms with E-state index < -0.39 is 0 Å². The maximum atomic E-state index is 5.73. The lowest BCUT2D eigenvalue weighted by molar-refractivity contribution is 0.0888. The van der Waals surface area contributed by atoms with Crippen LogP contribution >= 0.6 is 0 Å². The summed E-state index contributed by atoms with van der Waals surface area (Å²) in [6, 6.07) is 6.01. The Labute approximate surface area is 157 Å². The summed E-state index contributed by atoms with van der Waals surface area (Å²) in [5.74, 6) is 2.33. The van der Waals surface area contributed by atoms with Crippen LogP contribution in [0.5, 0.6) is 0 Å². The number of anilines is 1. The van der Waals surface area contributed by atoms with Crippen LogP contribution in [0.25, 0.3) is 0 Å². The Hall–Kier alpha value is -1.86. The highest BCUT2D eigenvalue weighted by molar-refractivity contribution is 5.79. The Balaban J connectivity index is 1.69. The topological polar surface area (TPSA) is 71.0 Å². The second kappa shape index (κ2) is 11.7. The SMILES string of the molecule is CCNC(=NCc1cccc(N(C)C)n1)NCCCOCC1CCOC1. The van der Waals surface area contributed by atoms with E-state index in [0.29, 0.717) is 12.5 Å². The summed E-state index contributed by atoms with van der Waals surface area (Å²) < 4.78 is 11.1. The predicted octanol–water partition coefficient (Wildman–Crippen LogP) is 1.65. The van der Waals surface area contributed by atoms with E-state index in [1.165, 1.54) is 0 Å². The van der Waals surface area contributed by atoms with Crippen molar-refractivity contribution in [3.63, 3.8) is 0 Å². The molecule has 26 heavy (non-hydrogen) atoms. The molecule has 1 aliphatic heterocycles. The summed E-state index contributed by atoms with van der Waals surface area (Å²) in [7, 11) is 3.98. The fraction of sp³-hybridized carbons (Fsp3) is 0.684. The number of rotatable bonds is 10. The molecule has 2 heterocycles. The smallest absolute Gasteiger partial charge is 0.191 e. The number of nitrogens with one attached hydrogen (secondary N) is 2. The molecule has 0 bridgehead atoms. The number of guanidine groups is 1. The van der Waals surface area contributed by atoms with Crippen molar-refractivity contribution in [1.29, 1.82) is 0 Å². The summed E-state index contributed by atoms with van der Waals surface area (Å²) in [5, 5.41) is 6.62. The molecule has 1 unspecified atom stereocenters. The highest BCUT2D eigenvalue weighted by Crippen LogP contribution is 2.12. The number of aliphatic imine (C=N–C) groups is 1. The van der Waals surface area contributed by atoms with E-state index in [9.17, 15) is 0 Å². The van der Waals surface area contributed by atoms with Crippen LogP contribution in [0, 0.1) is 5.92 Å². The minimum atomic E-state index is 0.551. The number of aromatic nitrogens is 1. The fourth-order valence-corrected chi connectivity index (χ4v) is 2.65. The number of hydrogen-bond acceptors (Lipinski definition) is 5. The highest BCUT2D eigenvalue weighted by Gasteiger charge is 2.15. The average molecular weight is 364 g/mol. The van der Waals surface area contributed by atoms with E-state index >= 15 is 0 Å². The Bertz CT molecular complexity index is 544. The van der Waals surface area contributed by atoms with Gasteiger partial charge in [0.15, 0.2) is 5.96 Å². The average Bonchev–Trinajstić information content (AvgIpc) is 3.16. The van der Waals surface area contributed by atoms with Gasteiger partial charge in [-0.05, 0) is 31.9 Å². The van der Waals surface area contributed by atoms with Gasteiger partial charge in [-0.1, -0.05) is 6.07 Å². The van der Waals surface area contributed by atoms with Crippen molar-refractivity contribution in [3.05, 3.63) is 23.9 Å². The molecule has 0 saturated carbocycles. The van der Waals surface area contributed by atoms with Gasteiger partial charge < -0.3 is 25.0 Å². The second-order valence-electron chi connectivity index (χ2n) is 6.66. The molecule has 146 valence electrons. The van der Waals surface area contributed by atoms with Crippen molar-refractivity contribution in [2.75, 3.05) is 58.5 Å². The molecule has 1 aromatic heterocycles. The summed E-state index contributed by atoms with van der Waals surface area (Å²) >= 11 is 0. The van der Waals surface area contributed by atoms with Crippen LogP contribution in [0.4, 0.5) is 5.82 Å². The minimum absolute atomic E-state index is 0.551. The molecule has 0 aliphatic carbocycles. The summed E-state index contributed by atoms with van der Waals surface area (Å²) in [5.41, 5.74) is 0.954. The van der Waals surface area contributed by atoms with E-state index in [1.54, 1.807) is 0 Å². The van der Waals surface area contributed by atoms with Gasteiger partial charge in [-0.2, -0.15) is 0 Å². The van der Waals surface area contributed by atoms with Crippen LogP contribution in [-0.4, -0.2) is 64.6 Å². The quantitative estimate of drug-likeness (QED) is 0.374. The molecular weight excluding hydrogens is 330 g/mol. The van der Waals surface area contributed by atoms with E-state index in [1.807, 2.05) is 37.2 Å². The fourth-order valence-electron chi connectivity index (χ4n) is 2.65. The van der Waals surface area contributed by atoms with Gasteiger partial charge in [-0.15, -0.1) is 0 Å². The van der Waals surface area contributed by atoms with Crippen LogP contribution < -0.4 is 15.5 Å². The van der Waals surface area contributed by atoms with E-state index in [-0.39, 0.29) is 0 Å². The van der Waals surface area contributed by atoms with Gasteiger partial charge in [-0.25, -0.2) is 9.98 Å². The van der Waals surface area contributed by atoms with Gasteiger partial charge in [0.2, 0.25) is 0 Å². The van der Waals surface area contributed by atoms with Crippen LogP contribution in [-0.2, 0) is 16.0 Å². The molecule has 0 spiro atoms. The number of nitrogens with zero attached hydrogens (tertiary/aromatic N) is 3. The Morgan fingerprint density at radius 2 is 2.27 bits per heavy atom. The zero-order chi connectivity index (χ0) is 18.6. The first kappa shape index (κ1) is 20.5. The largest absolute Gasteiger partial charge is 0.381 e. The van der Waals surface area contributed by atoms with Gasteiger partial charge in [0, 0.05) is 46.3 Å². The highest BCUT2D eigenvalue weighted by atomic mass is 16.5. The normalized spacial score (nSPS) is 17.3. The molecule has 0 aromatic carbocycles. The van der Waals surface area contributed by atoms with Crippen molar-refractivity contribution in [2.24, 2.45) is 10.9 Å². The van der Waals surface area contributed by atoms with Crippen molar-refractivity contribution < 1.29 is 9.47 Å². The first-order valence-electron chi connectivity index (χ1n) is 9.50. The van der Waals surface area contributed by atoms with Crippen molar-refractivity contribution in [2.45, 2.75) is 26.3 Å². The Kier molecular flexibility index (Phi) is 9.20. The standard InChI is InChI=1S/C19H33N5O2/c1-4-20-19(21-10-6-11-25-14-16-9-12-26-15-16)22-13-17-7-5-8-18(23-17)24(2)3/h5,7-8,16H,4,6,9-15H2,1-3H3,(H2,20,21,22). The maximum Gasteiger partial charge on any atom is 0.191 e. The summed E-state index contributed by atoms with van der Waals surface area (Å²) in [4.78, 5) is 11.2. The zero-order valence-corrected chi connectivity index (χ0v) is 16.3. The molecule has 2 rings (SSSR count). The second-order valence-corrected chi connectivity index (χ2v) is 6.66. The van der Waals surface area contributed by atoms with Crippen LogP contribution in [0.15, 0.2) is 23.2 Å². The van der Waals surface area contributed by atoms with Gasteiger partial charge in [0.1, 0.15) is 5.82 Å². The molecule has 1 atom stereocenters. The zero-order valence-electron chi connectivity index (χ0n) is 16.3. The van der Waals surface area contributed by atoms with Crippen LogP contribution in [0.2, 0.25) is 0 Å². The van der Waals surface area contributed by atoms with Crippen molar-refractivity contribution in [3.8, 4) is 0 Å². The van der Waals surface area contributed by atoms with Crippen LogP contribution in [0.3, 0.4) is 0 Å². The molecule has 0 amide bonds. The third-order valence-corrected chi connectivity index (χ3v) is 4.13. The van der Waals surface area contributed by atoms with Gasteiger partial charge in [0.25, 0.3) is 0 Å². The maximum absolute atomic E-state index is 5.73.